The molecule has 2 N–H and O–H groups in total. The van der Waals surface area contributed by atoms with Crippen LogP contribution in [0, 0.1) is 24.2 Å². The lowest BCUT2D eigenvalue weighted by molar-refractivity contribution is -0.229. The highest BCUT2D eigenvalue weighted by Crippen LogP contribution is 2.70. The van der Waals surface area contributed by atoms with E-state index in [2.05, 4.69) is 35.2 Å². The first-order chi connectivity index (χ1) is 21.2. The molecule has 10 nitrogen and oxygen atoms in total. The van der Waals surface area contributed by atoms with E-state index >= 15 is 0 Å². The number of hydrogen-bond donors (Lipinski definition) is 2. The van der Waals surface area contributed by atoms with Gasteiger partial charge in [0.15, 0.2) is 11.3 Å². The zero-order chi connectivity index (χ0) is 31.9. The first kappa shape index (κ1) is 30.0. The molecule has 1 unspecified atom stereocenters. The second kappa shape index (κ2) is 10.1. The summed E-state index contributed by atoms with van der Waals surface area (Å²) in [6, 6.07) is 1.28. The average Bonchev–Trinajstić information content (AvgIpc) is 3.58. The predicted molar refractivity (Wildman–Crippen MR) is 143 cm³/mol. The highest BCUT2D eigenvalue weighted by Gasteiger charge is 2.73. The number of aromatic nitrogens is 5. The van der Waals surface area contributed by atoms with Gasteiger partial charge in [-0.15, -0.1) is 0 Å². The highest BCUT2D eigenvalue weighted by molar-refractivity contribution is 5.93. The topological polar surface area (TPSA) is 130 Å². The first-order valence-electron chi connectivity index (χ1n) is 15.1. The summed E-state index contributed by atoms with van der Waals surface area (Å²) in [5.74, 6) is -5.61. The molecule has 45 heavy (non-hydrogen) atoms. The third-order valence-corrected chi connectivity index (χ3v) is 10.2. The number of H-pyrrole nitrogens is 1. The van der Waals surface area contributed by atoms with Crippen LogP contribution >= 0.6 is 0 Å². The van der Waals surface area contributed by atoms with Gasteiger partial charge in [-0.2, -0.15) is 13.2 Å². The third kappa shape index (κ3) is 5.23. The lowest BCUT2D eigenvalue weighted by atomic mass is 9.41. The van der Waals surface area contributed by atoms with Crippen molar-refractivity contribution in [3.05, 3.63) is 35.0 Å². The summed E-state index contributed by atoms with van der Waals surface area (Å²) in [7, 11) is 0. The van der Waals surface area contributed by atoms with E-state index in [-0.39, 0.29) is 98.8 Å². The molecule has 4 aliphatic carbocycles. The molecule has 3 aromatic heterocycles. The number of pyridine rings is 1. The fourth-order valence-electron chi connectivity index (χ4n) is 7.69. The second-order valence-corrected chi connectivity index (χ2v) is 13.3. The Kier molecular flexibility index (Phi) is 6.75. The highest BCUT2D eigenvalue weighted by atomic mass is 19.4. The molecule has 16 heteroatoms. The van der Waals surface area contributed by atoms with Crippen LogP contribution in [-0.2, 0) is 4.79 Å². The van der Waals surface area contributed by atoms with Crippen molar-refractivity contribution in [3.63, 3.8) is 0 Å². The first-order valence-corrected chi connectivity index (χ1v) is 15.1. The number of rotatable bonds is 6. The van der Waals surface area contributed by atoms with E-state index in [0.717, 1.165) is 0 Å². The molecule has 3 aromatic rings. The molecule has 3 atom stereocenters. The summed E-state index contributed by atoms with van der Waals surface area (Å²) in [6.45, 7) is 1.40. The van der Waals surface area contributed by atoms with Gasteiger partial charge in [-0.05, 0) is 75.1 Å². The van der Waals surface area contributed by atoms with E-state index in [9.17, 15) is 35.9 Å². The summed E-state index contributed by atoms with van der Waals surface area (Å²) in [5, 5.41) is 10.0. The van der Waals surface area contributed by atoms with Gasteiger partial charge in [-0.1, -0.05) is 5.16 Å². The monoisotopic (exact) mass is 639 g/mol. The summed E-state index contributed by atoms with van der Waals surface area (Å²) >= 11 is 0. The number of alkyl halides is 6. The number of likely N-dealkylation sites (tertiary alicyclic amines) is 1. The minimum absolute atomic E-state index is 0.0682. The lowest BCUT2D eigenvalue weighted by Crippen LogP contribution is -2.70. The Labute approximate surface area is 252 Å². The van der Waals surface area contributed by atoms with Crippen LogP contribution in [0.1, 0.15) is 97.6 Å². The van der Waals surface area contributed by atoms with Crippen LogP contribution in [0.5, 0.6) is 0 Å². The summed E-state index contributed by atoms with van der Waals surface area (Å²) in [6.07, 6.45) is -5.37. The number of carbonyl (C=O) groups is 2. The van der Waals surface area contributed by atoms with Crippen LogP contribution in [0.3, 0.4) is 0 Å². The number of aromatic amines is 1. The average molecular weight is 640 g/mol. The lowest BCUT2D eigenvalue weighted by Gasteiger charge is -2.65. The van der Waals surface area contributed by atoms with E-state index in [0.29, 0.717) is 5.52 Å². The Bertz CT molecular complexity index is 1620. The number of aryl methyl sites for hydroxylation is 1. The van der Waals surface area contributed by atoms with Gasteiger partial charge in [0.2, 0.25) is 11.8 Å². The Morgan fingerprint density at radius 3 is 2.40 bits per heavy atom. The van der Waals surface area contributed by atoms with Gasteiger partial charge in [0.25, 0.3) is 5.91 Å². The van der Waals surface area contributed by atoms with Crippen LogP contribution in [-0.4, -0.2) is 66.3 Å². The normalized spacial score (nSPS) is 30.4. The molecule has 0 spiro atoms. The number of imidazole rings is 1. The number of fused-ring (bicyclic) bond motifs is 1. The number of amides is 2. The standard InChI is InChI=1S/C29H31F6N7O3/c1-14-20(41-45-40-14)24(43)38-21(15-4-7-28(31,32)8-5-15)23-37-18-3-2-17(36-22(18)39-23)19-10-16(29(33,34)35)6-9-42(19)25(44)26-11-27(30,12-26)13-26/h2-3,15-16,19,21H,4-13H2,1H3,(H,38,43)(H,36,37,39)/t16-,19+,21?,26?,27?/m1/s1. The van der Waals surface area contributed by atoms with Crippen LogP contribution in [0.25, 0.3) is 11.2 Å². The van der Waals surface area contributed by atoms with Crippen molar-refractivity contribution in [3.8, 4) is 0 Å². The molecule has 0 aromatic carbocycles. The maximum absolute atomic E-state index is 14.3. The minimum Gasteiger partial charge on any atom is -0.340 e. The van der Waals surface area contributed by atoms with Gasteiger partial charge in [-0.3, -0.25) is 9.59 Å². The number of halogens is 6. The minimum atomic E-state index is -4.46. The van der Waals surface area contributed by atoms with Gasteiger partial charge in [-0.25, -0.2) is 27.8 Å². The zero-order valence-corrected chi connectivity index (χ0v) is 24.3. The Hall–Kier alpha value is -3.72. The fourth-order valence-corrected chi connectivity index (χ4v) is 7.69. The van der Waals surface area contributed by atoms with Crippen molar-refractivity contribution in [2.75, 3.05) is 6.54 Å². The number of hydrogen-bond acceptors (Lipinski definition) is 7. The largest absolute Gasteiger partial charge is 0.391 e. The molecule has 0 radical (unpaired) electrons. The van der Waals surface area contributed by atoms with Gasteiger partial charge in [0.05, 0.1) is 34.6 Å². The molecule has 2 amide bonds. The van der Waals surface area contributed by atoms with Gasteiger partial charge < -0.3 is 15.2 Å². The maximum atomic E-state index is 14.3. The van der Waals surface area contributed by atoms with Crippen LogP contribution in [0.2, 0.25) is 0 Å². The van der Waals surface area contributed by atoms with Gasteiger partial charge in [0.1, 0.15) is 17.2 Å². The van der Waals surface area contributed by atoms with E-state index in [4.69, 9.17) is 0 Å². The van der Waals surface area contributed by atoms with Crippen molar-refractivity contribution < 1.29 is 40.6 Å². The van der Waals surface area contributed by atoms with Crippen LogP contribution in [0.15, 0.2) is 16.8 Å². The molecule has 5 aliphatic rings. The molecule has 2 bridgehead atoms. The molecule has 5 fully saturated rings. The van der Waals surface area contributed by atoms with E-state index < -0.39 is 53.0 Å². The molecule has 8 rings (SSSR count). The maximum Gasteiger partial charge on any atom is 0.391 e. The number of nitrogens with zero attached hydrogens (tertiary/aromatic N) is 5. The Balaban J connectivity index is 1.20. The molecular weight excluding hydrogens is 608 g/mol. The Morgan fingerprint density at radius 2 is 1.78 bits per heavy atom. The van der Waals surface area contributed by atoms with E-state index in [1.165, 1.54) is 17.9 Å². The SMILES string of the molecule is Cc1nonc1C(=O)NC(c1nc2nc([C@@H]3C[C@H](C(F)(F)F)CCN3C(=O)C34CC(F)(C3)C4)ccc2[nH]1)C1CCC(F)(F)CC1. The van der Waals surface area contributed by atoms with E-state index in [1.54, 1.807) is 6.07 Å². The molecule has 4 heterocycles. The second-order valence-electron chi connectivity index (χ2n) is 13.3. The summed E-state index contributed by atoms with van der Waals surface area (Å²) in [4.78, 5) is 40.3. The van der Waals surface area contributed by atoms with Gasteiger partial charge >= 0.3 is 6.18 Å². The molecule has 242 valence electrons. The van der Waals surface area contributed by atoms with Crippen molar-refractivity contribution in [1.82, 2.24) is 35.5 Å². The number of piperidine rings is 1. The third-order valence-electron chi connectivity index (χ3n) is 10.2. The van der Waals surface area contributed by atoms with Crippen molar-refractivity contribution in [1.29, 1.82) is 0 Å². The number of nitrogens with one attached hydrogen (secondary N) is 2. The molecule has 1 aliphatic heterocycles. The summed E-state index contributed by atoms with van der Waals surface area (Å²) in [5.41, 5.74) is -1.28. The van der Waals surface area contributed by atoms with E-state index in [1.807, 2.05) is 0 Å². The quantitative estimate of drug-likeness (QED) is 0.332. The fraction of sp³-hybridized carbons (Fsp3) is 0.655. The van der Waals surface area contributed by atoms with Crippen molar-refractivity contribution in [2.45, 2.75) is 94.6 Å². The zero-order valence-electron chi connectivity index (χ0n) is 24.3. The van der Waals surface area contributed by atoms with Crippen LogP contribution < -0.4 is 5.32 Å². The smallest absolute Gasteiger partial charge is 0.340 e. The van der Waals surface area contributed by atoms with Crippen molar-refractivity contribution >= 4 is 23.0 Å². The molecule has 1 saturated heterocycles. The number of carbonyl (C=O) groups excluding carboxylic acids is 2. The van der Waals surface area contributed by atoms with Gasteiger partial charge in [0, 0.05) is 19.4 Å². The van der Waals surface area contributed by atoms with Crippen LogP contribution in [0.4, 0.5) is 26.3 Å². The van der Waals surface area contributed by atoms with Crippen molar-refractivity contribution in [2.24, 2.45) is 17.3 Å². The Morgan fingerprint density at radius 1 is 1.07 bits per heavy atom. The molecular formula is C29H31F6N7O3. The summed E-state index contributed by atoms with van der Waals surface area (Å²) < 4.78 is 88.4. The molecule has 4 saturated carbocycles. The predicted octanol–water partition coefficient (Wildman–Crippen LogP) is 5.68.